The van der Waals surface area contributed by atoms with E-state index in [0.29, 0.717) is 23.6 Å². The molecule has 0 aliphatic carbocycles. The zero-order valence-corrected chi connectivity index (χ0v) is 18.8. The lowest BCUT2D eigenvalue weighted by Crippen LogP contribution is -2.41. The van der Waals surface area contributed by atoms with Gasteiger partial charge in [-0.3, -0.25) is 0 Å². The van der Waals surface area contributed by atoms with Crippen LogP contribution in [0.1, 0.15) is 23.6 Å². The second-order valence-corrected chi connectivity index (χ2v) is 7.71. The predicted octanol–water partition coefficient (Wildman–Crippen LogP) is 4.71. The van der Waals surface area contributed by atoms with Gasteiger partial charge in [-0.05, 0) is 42.2 Å². The monoisotopic (exact) mass is 429 g/mol. The highest BCUT2D eigenvalue weighted by Gasteiger charge is 2.28. The Balaban J connectivity index is 1.86. The summed E-state index contributed by atoms with van der Waals surface area (Å²) in [5.41, 5.74) is 5.87. The van der Waals surface area contributed by atoms with Crippen molar-refractivity contribution in [3.63, 3.8) is 0 Å². The number of ether oxygens (including phenoxy) is 2. The number of hydrogen-bond donors (Lipinski definition) is 1. The van der Waals surface area contributed by atoms with Crippen LogP contribution in [0, 0.1) is 0 Å². The third-order valence-electron chi connectivity index (χ3n) is 5.69. The molecule has 0 saturated heterocycles. The van der Waals surface area contributed by atoms with E-state index >= 15 is 0 Å². The van der Waals surface area contributed by atoms with Gasteiger partial charge < -0.3 is 14.8 Å². The summed E-state index contributed by atoms with van der Waals surface area (Å²) in [6, 6.07) is 22.0. The van der Waals surface area contributed by atoms with E-state index in [1.165, 1.54) is 5.01 Å². The molecule has 0 fully saturated rings. The molecule has 6 heteroatoms. The highest BCUT2D eigenvalue weighted by atomic mass is 16.5. The Kier molecular flexibility index (Phi) is 6.12. The van der Waals surface area contributed by atoms with E-state index in [9.17, 15) is 4.79 Å². The number of urea groups is 1. The van der Waals surface area contributed by atoms with Gasteiger partial charge in [0.2, 0.25) is 0 Å². The number of nitrogens with zero attached hydrogens (tertiary/aromatic N) is 2. The summed E-state index contributed by atoms with van der Waals surface area (Å²) in [6.07, 6.45) is 0.637. The Hall–Kier alpha value is -3.80. The van der Waals surface area contributed by atoms with E-state index in [-0.39, 0.29) is 12.1 Å². The van der Waals surface area contributed by atoms with E-state index in [2.05, 4.69) is 29.6 Å². The molecule has 164 valence electrons. The number of hydrazone groups is 1. The number of carbonyl (C=O) groups is 1. The number of hydrogen-bond acceptors (Lipinski definition) is 4. The largest absolute Gasteiger partial charge is 0.493 e. The molecule has 3 aromatic carbocycles. The quantitative estimate of drug-likeness (QED) is 0.653. The van der Waals surface area contributed by atoms with E-state index in [0.717, 1.165) is 27.8 Å². The number of methoxy groups -OCH3 is 2. The highest BCUT2D eigenvalue weighted by Crippen LogP contribution is 2.35. The van der Waals surface area contributed by atoms with Crippen molar-refractivity contribution < 1.29 is 14.3 Å². The zero-order valence-electron chi connectivity index (χ0n) is 18.8. The Labute approximate surface area is 188 Å². The lowest BCUT2D eigenvalue weighted by Gasteiger charge is -2.22. The Bertz CT molecular complexity index is 1140. The standard InChI is InChI=1S/C26H27N3O3/c1-17-14-21-15-23(31-3)24(32-4)16-22(21)25(28-29(17)26(30)27-2)20-12-10-19(11-13-20)18-8-6-5-7-9-18/h5-13,15-17H,14H2,1-4H3,(H,27,30). The predicted molar refractivity (Wildman–Crippen MR) is 127 cm³/mol. The van der Waals surface area contributed by atoms with Gasteiger partial charge in [0.25, 0.3) is 0 Å². The normalized spacial score (nSPS) is 15.3. The van der Waals surface area contributed by atoms with Gasteiger partial charge in [0.1, 0.15) is 0 Å². The number of benzene rings is 3. The molecular formula is C26H27N3O3. The smallest absolute Gasteiger partial charge is 0.337 e. The van der Waals surface area contributed by atoms with Crippen molar-refractivity contribution in [2.24, 2.45) is 5.10 Å². The van der Waals surface area contributed by atoms with Crippen LogP contribution < -0.4 is 14.8 Å². The summed E-state index contributed by atoms with van der Waals surface area (Å²) in [7, 11) is 4.85. The molecule has 3 aromatic rings. The number of amides is 2. The van der Waals surface area contributed by atoms with E-state index in [1.54, 1.807) is 21.3 Å². The van der Waals surface area contributed by atoms with Gasteiger partial charge in [-0.2, -0.15) is 5.10 Å². The fourth-order valence-corrected chi connectivity index (χ4v) is 4.00. The minimum Gasteiger partial charge on any atom is -0.493 e. The summed E-state index contributed by atoms with van der Waals surface area (Å²) in [4.78, 5) is 12.6. The van der Waals surface area contributed by atoms with Crippen LogP contribution in [0.25, 0.3) is 11.1 Å². The second-order valence-electron chi connectivity index (χ2n) is 7.71. The third-order valence-corrected chi connectivity index (χ3v) is 5.69. The third kappa shape index (κ3) is 4.04. The van der Waals surface area contributed by atoms with Crippen molar-refractivity contribution in [2.75, 3.05) is 21.3 Å². The molecule has 0 spiro atoms. The van der Waals surface area contributed by atoms with Gasteiger partial charge in [0, 0.05) is 18.2 Å². The van der Waals surface area contributed by atoms with Gasteiger partial charge in [-0.15, -0.1) is 0 Å². The zero-order chi connectivity index (χ0) is 22.7. The van der Waals surface area contributed by atoms with E-state index in [1.807, 2.05) is 49.4 Å². The van der Waals surface area contributed by atoms with E-state index in [4.69, 9.17) is 14.6 Å². The van der Waals surface area contributed by atoms with Crippen molar-refractivity contribution in [1.29, 1.82) is 0 Å². The molecule has 2 amide bonds. The average molecular weight is 430 g/mol. The molecule has 1 atom stereocenters. The van der Waals surface area contributed by atoms with Crippen LogP contribution in [0.5, 0.6) is 11.5 Å². The summed E-state index contributed by atoms with van der Waals surface area (Å²) in [5.74, 6) is 1.28. The molecule has 1 unspecified atom stereocenters. The topological polar surface area (TPSA) is 63.2 Å². The Morgan fingerprint density at radius 3 is 2.16 bits per heavy atom. The average Bonchev–Trinajstić information content (AvgIpc) is 2.98. The summed E-state index contributed by atoms with van der Waals surface area (Å²) >= 11 is 0. The van der Waals surface area contributed by atoms with Crippen molar-refractivity contribution >= 4 is 11.7 Å². The Morgan fingerprint density at radius 2 is 1.53 bits per heavy atom. The SMILES string of the molecule is CNC(=O)N1N=C(c2ccc(-c3ccccc3)cc2)c2cc(OC)c(OC)cc2CC1C. The van der Waals surface area contributed by atoms with Crippen LogP contribution >= 0.6 is 0 Å². The molecule has 0 aromatic heterocycles. The first-order chi connectivity index (χ1) is 15.5. The molecule has 4 rings (SSSR count). The maximum absolute atomic E-state index is 12.6. The molecule has 0 radical (unpaired) electrons. The van der Waals surface area contributed by atoms with Gasteiger partial charge in [0.15, 0.2) is 11.5 Å². The van der Waals surface area contributed by atoms with Crippen molar-refractivity contribution in [1.82, 2.24) is 10.3 Å². The lowest BCUT2D eigenvalue weighted by atomic mass is 9.93. The first-order valence-corrected chi connectivity index (χ1v) is 10.6. The molecule has 6 nitrogen and oxygen atoms in total. The first-order valence-electron chi connectivity index (χ1n) is 10.6. The Morgan fingerprint density at radius 1 is 0.938 bits per heavy atom. The maximum Gasteiger partial charge on any atom is 0.337 e. The molecule has 0 bridgehead atoms. The minimum absolute atomic E-state index is 0.132. The maximum atomic E-state index is 12.6. The highest BCUT2D eigenvalue weighted by molar-refractivity contribution is 6.14. The second kappa shape index (κ2) is 9.14. The molecule has 0 saturated carbocycles. The number of carbonyl (C=O) groups excluding carboxylic acids is 1. The van der Waals surface area contributed by atoms with Gasteiger partial charge in [-0.1, -0.05) is 54.6 Å². The molecule has 1 heterocycles. The fourth-order valence-electron chi connectivity index (χ4n) is 4.00. The summed E-state index contributed by atoms with van der Waals surface area (Å²) in [5, 5.41) is 9.02. The fraction of sp³-hybridized carbons (Fsp3) is 0.231. The minimum atomic E-state index is -0.248. The first kappa shape index (κ1) is 21.4. The van der Waals surface area contributed by atoms with E-state index < -0.39 is 0 Å². The number of nitrogens with one attached hydrogen (secondary N) is 1. The summed E-state index contributed by atoms with van der Waals surface area (Å²) in [6.45, 7) is 1.99. The van der Waals surface area contributed by atoms with Crippen molar-refractivity contribution in [3.8, 4) is 22.6 Å². The van der Waals surface area contributed by atoms with Crippen LogP contribution in [-0.4, -0.2) is 44.1 Å². The van der Waals surface area contributed by atoms with Crippen LogP contribution in [0.4, 0.5) is 4.79 Å². The summed E-state index contributed by atoms with van der Waals surface area (Å²) < 4.78 is 11.1. The molecular weight excluding hydrogens is 402 g/mol. The van der Waals surface area contributed by atoms with Crippen LogP contribution in [0.15, 0.2) is 71.8 Å². The van der Waals surface area contributed by atoms with Crippen LogP contribution in [0.3, 0.4) is 0 Å². The van der Waals surface area contributed by atoms with Gasteiger partial charge >= 0.3 is 6.03 Å². The van der Waals surface area contributed by atoms with Gasteiger partial charge in [0.05, 0.1) is 26.0 Å². The van der Waals surface area contributed by atoms with Crippen LogP contribution in [-0.2, 0) is 6.42 Å². The molecule has 32 heavy (non-hydrogen) atoms. The van der Waals surface area contributed by atoms with Crippen molar-refractivity contribution in [2.45, 2.75) is 19.4 Å². The number of rotatable bonds is 4. The molecule has 1 aliphatic heterocycles. The number of fused-ring (bicyclic) bond motifs is 1. The molecule has 1 aliphatic rings. The van der Waals surface area contributed by atoms with Crippen molar-refractivity contribution in [3.05, 3.63) is 83.4 Å². The van der Waals surface area contributed by atoms with Crippen LogP contribution in [0.2, 0.25) is 0 Å². The molecule has 1 N–H and O–H groups in total. The van der Waals surface area contributed by atoms with Gasteiger partial charge in [-0.25, -0.2) is 9.80 Å². The lowest BCUT2D eigenvalue weighted by molar-refractivity contribution is 0.184.